The molecule has 0 aliphatic rings. The number of aryl methyl sites for hydroxylation is 2. The molecule has 0 saturated carbocycles. The molecule has 0 spiro atoms. The second kappa shape index (κ2) is 4.81. The molecule has 1 aromatic carbocycles. The van der Waals surface area contributed by atoms with Gasteiger partial charge in [0.2, 0.25) is 0 Å². The average molecular weight is 292 g/mol. The van der Waals surface area contributed by atoms with Gasteiger partial charge < -0.3 is 9.47 Å². The molecule has 0 radical (unpaired) electrons. The molecule has 0 amide bonds. The molecule has 72 valence electrons. The predicted molar refractivity (Wildman–Crippen MR) is 61.1 cm³/mol. The molecule has 0 unspecified atom stereocenters. The molecular weight excluding hydrogens is 279 g/mol. The summed E-state index contributed by atoms with van der Waals surface area (Å²) in [5, 5.41) is 0. The van der Waals surface area contributed by atoms with Crippen LogP contribution in [0.5, 0.6) is 5.75 Å². The van der Waals surface area contributed by atoms with Crippen LogP contribution in [0.15, 0.2) is 12.1 Å². The number of hydrogen-bond donors (Lipinski definition) is 0. The van der Waals surface area contributed by atoms with Crippen molar-refractivity contribution in [1.29, 1.82) is 0 Å². The van der Waals surface area contributed by atoms with Crippen LogP contribution in [0.2, 0.25) is 0 Å². The molecule has 13 heavy (non-hydrogen) atoms. The smallest absolute Gasteiger partial charge is 0.188 e. The van der Waals surface area contributed by atoms with E-state index in [4.69, 9.17) is 9.47 Å². The molecule has 0 N–H and O–H groups in total. The normalized spacial score (nSPS) is 10.2. The summed E-state index contributed by atoms with van der Waals surface area (Å²) in [6.07, 6.45) is 0. The van der Waals surface area contributed by atoms with E-state index in [1.807, 2.05) is 13.0 Å². The number of methoxy groups -OCH3 is 1. The largest absolute Gasteiger partial charge is 0.467 e. The zero-order valence-corrected chi connectivity index (χ0v) is 10.2. The Bertz CT molecular complexity index is 297. The highest BCUT2D eigenvalue weighted by Crippen LogP contribution is 2.23. The quantitative estimate of drug-likeness (QED) is 0.630. The van der Waals surface area contributed by atoms with Gasteiger partial charge in [-0.25, -0.2) is 0 Å². The van der Waals surface area contributed by atoms with Crippen LogP contribution in [0.25, 0.3) is 0 Å². The molecule has 0 atom stereocenters. The molecule has 0 aliphatic carbocycles. The summed E-state index contributed by atoms with van der Waals surface area (Å²) in [5.41, 5.74) is 2.38. The Morgan fingerprint density at radius 2 is 1.92 bits per heavy atom. The highest BCUT2D eigenvalue weighted by molar-refractivity contribution is 14.1. The van der Waals surface area contributed by atoms with Gasteiger partial charge in [0.1, 0.15) is 5.75 Å². The SMILES string of the molecule is COCOc1cc(C)c(I)cc1C. The molecule has 0 bridgehead atoms. The Kier molecular flexibility index (Phi) is 3.99. The lowest BCUT2D eigenvalue weighted by Crippen LogP contribution is -2.01. The van der Waals surface area contributed by atoms with E-state index in [-0.39, 0.29) is 0 Å². The van der Waals surface area contributed by atoms with Crippen molar-refractivity contribution in [3.05, 3.63) is 26.8 Å². The van der Waals surface area contributed by atoms with Gasteiger partial charge in [0.15, 0.2) is 6.79 Å². The van der Waals surface area contributed by atoms with Crippen molar-refractivity contribution in [1.82, 2.24) is 0 Å². The molecule has 3 heteroatoms. The average Bonchev–Trinajstić information content (AvgIpc) is 2.09. The van der Waals surface area contributed by atoms with Crippen molar-refractivity contribution in [3.8, 4) is 5.75 Å². The monoisotopic (exact) mass is 292 g/mol. The second-order valence-corrected chi connectivity index (χ2v) is 4.08. The standard InChI is InChI=1S/C10H13IO2/c1-7-5-10(13-6-12-3)8(2)4-9(7)11/h4-5H,6H2,1-3H3. The van der Waals surface area contributed by atoms with Gasteiger partial charge in [0.25, 0.3) is 0 Å². The lowest BCUT2D eigenvalue weighted by molar-refractivity contribution is 0.0506. The van der Waals surface area contributed by atoms with Crippen molar-refractivity contribution >= 4 is 22.6 Å². The number of rotatable bonds is 3. The van der Waals surface area contributed by atoms with Crippen LogP contribution in [0.1, 0.15) is 11.1 Å². The van der Waals surface area contributed by atoms with Crippen LogP contribution in [-0.4, -0.2) is 13.9 Å². The molecule has 0 heterocycles. The summed E-state index contributed by atoms with van der Waals surface area (Å²) in [4.78, 5) is 0. The van der Waals surface area contributed by atoms with E-state index >= 15 is 0 Å². The van der Waals surface area contributed by atoms with E-state index in [0.29, 0.717) is 6.79 Å². The van der Waals surface area contributed by atoms with Crippen LogP contribution in [0, 0.1) is 17.4 Å². The second-order valence-electron chi connectivity index (χ2n) is 2.92. The molecule has 0 saturated heterocycles. The Morgan fingerprint density at radius 3 is 2.54 bits per heavy atom. The fourth-order valence-electron chi connectivity index (χ4n) is 1.03. The van der Waals surface area contributed by atoms with Crippen LogP contribution >= 0.6 is 22.6 Å². The van der Waals surface area contributed by atoms with Gasteiger partial charge in [-0.3, -0.25) is 0 Å². The molecule has 2 nitrogen and oxygen atoms in total. The number of hydrogen-bond acceptors (Lipinski definition) is 2. The maximum atomic E-state index is 5.40. The van der Waals surface area contributed by atoms with E-state index in [1.165, 1.54) is 9.13 Å². The van der Waals surface area contributed by atoms with Crippen molar-refractivity contribution in [2.45, 2.75) is 13.8 Å². The number of halogens is 1. The first-order chi connectivity index (χ1) is 6.15. The third-order valence-electron chi connectivity index (χ3n) is 1.79. The van der Waals surface area contributed by atoms with Crippen molar-refractivity contribution in [3.63, 3.8) is 0 Å². The van der Waals surface area contributed by atoms with E-state index in [1.54, 1.807) is 7.11 Å². The molecular formula is C10H13IO2. The van der Waals surface area contributed by atoms with Crippen LogP contribution in [0.4, 0.5) is 0 Å². The first-order valence-electron chi connectivity index (χ1n) is 4.03. The van der Waals surface area contributed by atoms with Crippen LogP contribution in [0.3, 0.4) is 0 Å². The Balaban J connectivity index is 2.88. The third kappa shape index (κ3) is 2.84. The van der Waals surface area contributed by atoms with Gasteiger partial charge >= 0.3 is 0 Å². The van der Waals surface area contributed by atoms with Gasteiger partial charge in [-0.15, -0.1) is 0 Å². The van der Waals surface area contributed by atoms with Gasteiger partial charge in [-0.2, -0.15) is 0 Å². The summed E-state index contributed by atoms with van der Waals surface area (Å²) in [6.45, 7) is 4.41. The molecule has 0 aromatic heterocycles. The first-order valence-corrected chi connectivity index (χ1v) is 5.11. The van der Waals surface area contributed by atoms with E-state index in [0.717, 1.165) is 11.3 Å². The molecule has 1 rings (SSSR count). The maximum absolute atomic E-state index is 5.40. The summed E-state index contributed by atoms with van der Waals surface area (Å²) in [7, 11) is 1.62. The Labute approximate surface area is 92.4 Å². The lowest BCUT2D eigenvalue weighted by Gasteiger charge is -2.09. The van der Waals surface area contributed by atoms with Crippen LogP contribution in [-0.2, 0) is 4.74 Å². The van der Waals surface area contributed by atoms with Crippen molar-refractivity contribution in [2.75, 3.05) is 13.9 Å². The topological polar surface area (TPSA) is 18.5 Å². The van der Waals surface area contributed by atoms with Gasteiger partial charge in [-0.05, 0) is 59.7 Å². The zero-order valence-electron chi connectivity index (χ0n) is 8.06. The van der Waals surface area contributed by atoms with Crippen LogP contribution < -0.4 is 4.74 Å². The number of benzene rings is 1. The number of ether oxygens (including phenoxy) is 2. The predicted octanol–water partition coefficient (Wildman–Crippen LogP) is 2.89. The van der Waals surface area contributed by atoms with E-state index < -0.39 is 0 Å². The fourth-order valence-corrected chi connectivity index (χ4v) is 1.66. The minimum absolute atomic E-state index is 0.306. The van der Waals surface area contributed by atoms with E-state index in [2.05, 4.69) is 35.6 Å². The molecule has 0 fully saturated rings. The van der Waals surface area contributed by atoms with Crippen molar-refractivity contribution < 1.29 is 9.47 Å². The minimum Gasteiger partial charge on any atom is -0.467 e. The van der Waals surface area contributed by atoms with Gasteiger partial charge in [-0.1, -0.05) is 0 Å². The van der Waals surface area contributed by atoms with E-state index in [9.17, 15) is 0 Å². The first kappa shape index (κ1) is 10.8. The summed E-state index contributed by atoms with van der Waals surface area (Å²) in [5.74, 6) is 0.903. The lowest BCUT2D eigenvalue weighted by atomic mass is 10.1. The fraction of sp³-hybridized carbons (Fsp3) is 0.400. The zero-order chi connectivity index (χ0) is 9.84. The van der Waals surface area contributed by atoms with Crippen molar-refractivity contribution in [2.24, 2.45) is 0 Å². The minimum atomic E-state index is 0.306. The Hall–Kier alpha value is -0.290. The third-order valence-corrected chi connectivity index (χ3v) is 2.95. The molecule has 0 aliphatic heterocycles. The highest BCUT2D eigenvalue weighted by atomic mass is 127. The Morgan fingerprint density at radius 1 is 1.23 bits per heavy atom. The van der Waals surface area contributed by atoms with Gasteiger partial charge in [0.05, 0.1) is 0 Å². The summed E-state index contributed by atoms with van der Waals surface area (Å²) >= 11 is 2.32. The summed E-state index contributed by atoms with van der Waals surface area (Å²) < 4.78 is 11.5. The van der Waals surface area contributed by atoms with Gasteiger partial charge in [0, 0.05) is 10.7 Å². The molecule has 1 aromatic rings. The maximum Gasteiger partial charge on any atom is 0.188 e. The highest BCUT2D eigenvalue weighted by Gasteiger charge is 2.02. The summed E-state index contributed by atoms with van der Waals surface area (Å²) in [6, 6.07) is 4.15.